The van der Waals surface area contributed by atoms with Gasteiger partial charge in [0.15, 0.2) is 0 Å². The smallest absolute Gasteiger partial charge is 0.122 e. The molecule has 0 saturated heterocycles. The van der Waals surface area contributed by atoms with E-state index in [0.29, 0.717) is 5.92 Å². The molecule has 0 aromatic heterocycles. The molecule has 0 bridgehead atoms. The molecular weight excluding hydrogens is 220 g/mol. The highest BCUT2D eigenvalue weighted by Crippen LogP contribution is 2.36. The quantitative estimate of drug-likeness (QED) is 0.874. The van der Waals surface area contributed by atoms with Gasteiger partial charge in [0.1, 0.15) is 5.75 Å². The standard InChI is InChI=1S/C13H18O2S/c1-16-9-11(14)8-10-6-7-15-13-5-3-2-4-12(10)13/h2-5,10-11,14H,6-9H2,1H3. The van der Waals surface area contributed by atoms with Gasteiger partial charge in [0, 0.05) is 5.75 Å². The molecule has 0 radical (unpaired) electrons. The number of fused-ring (bicyclic) bond motifs is 1. The highest BCUT2D eigenvalue weighted by Gasteiger charge is 2.23. The van der Waals surface area contributed by atoms with E-state index >= 15 is 0 Å². The zero-order valence-corrected chi connectivity index (χ0v) is 10.4. The van der Waals surface area contributed by atoms with Crippen molar-refractivity contribution in [2.24, 2.45) is 0 Å². The van der Waals surface area contributed by atoms with Crippen LogP contribution >= 0.6 is 11.8 Å². The van der Waals surface area contributed by atoms with Crippen LogP contribution in [-0.2, 0) is 0 Å². The number of thioether (sulfide) groups is 1. The maximum Gasteiger partial charge on any atom is 0.122 e. The van der Waals surface area contributed by atoms with Gasteiger partial charge in [-0.2, -0.15) is 11.8 Å². The largest absolute Gasteiger partial charge is 0.493 e. The predicted molar refractivity (Wildman–Crippen MR) is 68.3 cm³/mol. The third-order valence-corrected chi connectivity index (χ3v) is 3.72. The van der Waals surface area contributed by atoms with E-state index in [4.69, 9.17) is 4.74 Å². The fourth-order valence-corrected chi connectivity index (χ4v) is 2.77. The summed E-state index contributed by atoms with van der Waals surface area (Å²) >= 11 is 1.70. The molecule has 2 nitrogen and oxygen atoms in total. The lowest BCUT2D eigenvalue weighted by molar-refractivity contribution is 0.164. The summed E-state index contributed by atoms with van der Waals surface area (Å²) in [6, 6.07) is 8.18. The number of hydrogen-bond acceptors (Lipinski definition) is 3. The molecule has 0 spiro atoms. The monoisotopic (exact) mass is 238 g/mol. The summed E-state index contributed by atoms with van der Waals surface area (Å²) < 4.78 is 5.61. The Morgan fingerprint density at radius 1 is 1.50 bits per heavy atom. The fraction of sp³-hybridized carbons (Fsp3) is 0.538. The van der Waals surface area contributed by atoms with Crippen molar-refractivity contribution in [3.05, 3.63) is 29.8 Å². The van der Waals surface area contributed by atoms with Crippen LogP contribution < -0.4 is 4.74 Å². The van der Waals surface area contributed by atoms with E-state index in [0.717, 1.165) is 31.0 Å². The van der Waals surface area contributed by atoms with Gasteiger partial charge < -0.3 is 9.84 Å². The van der Waals surface area contributed by atoms with Gasteiger partial charge in [-0.25, -0.2) is 0 Å². The summed E-state index contributed by atoms with van der Waals surface area (Å²) in [6.45, 7) is 0.771. The minimum absolute atomic E-state index is 0.203. The molecule has 0 aliphatic carbocycles. The molecule has 0 fully saturated rings. The van der Waals surface area contributed by atoms with Crippen LogP contribution in [0.25, 0.3) is 0 Å². The third kappa shape index (κ3) is 2.71. The van der Waals surface area contributed by atoms with Crippen LogP contribution in [0, 0.1) is 0 Å². The van der Waals surface area contributed by atoms with E-state index < -0.39 is 0 Å². The van der Waals surface area contributed by atoms with Gasteiger partial charge >= 0.3 is 0 Å². The first kappa shape index (κ1) is 11.8. The van der Waals surface area contributed by atoms with Crippen molar-refractivity contribution in [3.63, 3.8) is 0 Å². The van der Waals surface area contributed by atoms with Crippen molar-refractivity contribution in [1.82, 2.24) is 0 Å². The number of benzene rings is 1. The normalized spacial score (nSPS) is 21.0. The molecule has 1 aromatic carbocycles. The molecule has 1 N–H and O–H groups in total. The second-order valence-corrected chi connectivity index (χ2v) is 5.13. The molecular formula is C13H18O2S. The van der Waals surface area contributed by atoms with Crippen molar-refractivity contribution in [1.29, 1.82) is 0 Å². The molecule has 1 aliphatic rings. The zero-order valence-electron chi connectivity index (χ0n) is 9.56. The minimum Gasteiger partial charge on any atom is -0.493 e. The minimum atomic E-state index is -0.203. The molecule has 1 aromatic rings. The Morgan fingerprint density at radius 3 is 3.12 bits per heavy atom. The Bertz CT molecular complexity index is 340. The first-order chi connectivity index (χ1) is 7.81. The number of hydrogen-bond donors (Lipinski definition) is 1. The molecule has 88 valence electrons. The van der Waals surface area contributed by atoms with Crippen LogP contribution in [0.4, 0.5) is 0 Å². The Morgan fingerprint density at radius 2 is 2.31 bits per heavy atom. The molecule has 3 heteroatoms. The van der Waals surface area contributed by atoms with Crippen LogP contribution in [0.5, 0.6) is 5.75 Å². The summed E-state index contributed by atoms with van der Waals surface area (Å²) in [5.74, 6) is 2.27. The van der Waals surface area contributed by atoms with Gasteiger partial charge in [-0.1, -0.05) is 18.2 Å². The maximum absolute atomic E-state index is 9.87. The zero-order chi connectivity index (χ0) is 11.4. The predicted octanol–water partition coefficient (Wildman–Crippen LogP) is 2.67. The summed E-state index contributed by atoms with van der Waals surface area (Å²) in [5.41, 5.74) is 1.26. The topological polar surface area (TPSA) is 29.5 Å². The lowest BCUT2D eigenvalue weighted by Crippen LogP contribution is -2.20. The molecule has 2 unspecified atom stereocenters. The van der Waals surface area contributed by atoms with Crippen LogP contribution in [0.3, 0.4) is 0 Å². The third-order valence-electron chi connectivity index (χ3n) is 3.00. The Balaban J connectivity index is 2.07. The molecule has 2 atom stereocenters. The number of aliphatic hydroxyl groups is 1. The average molecular weight is 238 g/mol. The summed E-state index contributed by atoms with van der Waals surface area (Å²) in [5, 5.41) is 9.87. The van der Waals surface area contributed by atoms with E-state index in [1.54, 1.807) is 11.8 Å². The van der Waals surface area contributed by atoms with E-state index in [9.17, 15) is 5.11 Å². The van der Waals surface area contributed by atoms with Crippen LogP contribution in [0.15, 0.2) is 24.3 Å². The van der Waals surface area contributed by atoms with Gasteiger partial charge in [0.25, 0.3) is 0 Å². The second kappa shape index (κ2) is 5.60. The van der Waals surface area contributed by atoms with Crippen molar-refractivity contribution in [2.75, 3.05) is 18.6 Å². The van der Waals surface area contributed by atoms with E-state index in [2.05, 4.69) is 6.07 Å². The fourth-order valence-electron chi connectivity index (χ4n) is 2.25. The van der Waals surface area contributed by atoms with Crippen molar-refractivity contribution in [2.45, 2.75) is 24.9 Å². The SMILES string of the molecule is CSCC(O)CC1CCOc2ccccc21. The molecule has 1 aliphatic heterocycles. The second-order valence-electron chi connectivity index (χ2n) is 4.22. The van der Waals surface area contributed by atoms with Crippen molar-refractivity contribution >= 4 is 11.8 Å². The molecule has 0 saturated carbocycles. The van der Waals surface area contributed by atoms with E-state index in [1.165, 1.54) is 5.56 Å². The first-order valence-corrected chi connectivity index (χ1v) is 7.09. The first-order valence-electron chi connectivity index (χ1n) is 5.70. The van der Waals surface area contributed by atoms with Crippen LogP contribution in [-0.4, -0.2) is 29.8 Å². The average Bonchev–Trinajstić information content (AvgIpc) is 2.30. The number of rotatable bonds is 4. The Kier molecular flexibility index (Phi) is 4.13. The molecule has 1 heterocycles. The molecule has 0 amide bonds. The summed E-state index contributed by atoms with van der Waals surface area (Å²) in [6.07, 6.45) is 3.69. The van der Waals surface area contributed by atoms with Gasteiger partial charge in [-0.15, -0.1) is 0 Å². The molecule has 2 rings (SSSR count). The number of ether oxygens (including phenoxy) is 1. The van der Waals surface area contributed by atoms with Crippen LogP contribution in [0.2, 0.25) is 0 Å². The van der Waals surface area contributed by atoms with E-state index in [1.807, 2.05) is 24.5 Å². The highest BCUT2D eigenvalue weighted by molar-refractivity contribution is 7.98. The summed E-state index contributed by atoms with van der Waals surface area (Å²) in [7, 11) is 0. The Hall–Kier alpha value is -0.670. The van der Waals surface area contributed by atoms with Crippen molar-refractivity contribution < 1.29 is 9.84 Å². The van der Waals surface area contributed by atoms with Crippen LogP contribution in [0.1, 0.15) is 24.3 Å². The Labute approximate surface area is 101 Å². The molecule has 16 heavy (non-hydrogen) atoms. The van der Waals surface area contributed by atoms with Gasteiger partial charge in [0.2, 0.25) is 0 Å². The van der Waals surface area contributed by atoms with Gasteiger partial charge in [-0.05, 0) is 36.6 Å². The van der Waals surface area contributed by atoms with Crippen molar-refractivity contribution in [3.8, 4) is 5.75 Å². The number of aliphatic hydroxyl groups excluding tert-OH is 1. The maximum atomic E-state index is 9.87. The lowest BCUT2D eigenvalue weighted by Gasteiger charge is -2.27. The van der Waals surface area contributed by atoms with E-state index in [-0.39, 0.29) is 6.10 Å². The highest BCUT2D eigenvalue weighted by atomic mass is 32.2. The number of para-hydroxylation sites is 1. The lowest BCUT2D eigenvalue weighted by atomic mass is 9.88. The summed E-state index contributed by atoms with van der Waals surface area (Å²) in [4.78, 5) is 0. The van der Waals surface area contributed by atoms with Gasteiger partial charge in [0.05, 0.1) is 12.7 Å². The van der Waals surface area contributed by atoms with Gasteiger partial charge in [-0.3, -0.25) is 0 Å².